The van der Waals surface area contributed by atoms with Crippen LogP contribution in [-0.2, 0) is 0 Å². The van der Waals surface area contributed by atoms with E-state index in [1.54, 1.807) is 12.4 Å². The highest BCUT2D eigenvalue weighted by atomic mass is 16.5. The van der Waals surface area contributed by atoms with Crippen molar-refractivity contribution in [3.8, 4) is 22.9 Å². The first-order valence-electron chi connectivity index (χ1n) is 14.4. The lowest BCUT2D eigenvalue weighted by Crippen LogP contribution is -2.20. The zero-order chi connectivity index (χ0) is 24.7. The van der Waals surface area contributed by atoms with Crippen molar-refractivity contribution in [3.05, 3.63) is 36.2 Å². The maximum absolute atomic E-state index is 6.26. The van der Waals surface area contributed by atoms with Crippen molar-refractivity contribution < 1.29 is 9.47 Å². The summed E-state index contributed by atoms with van der Waals surface area (Å²) in [6.45, 7) is 8.11. The molecule has 194 valence electrons. The Morgan fingerprint density at radius 1 is 0.771 bits per heavy atom. The molecule has 1 fully saturated rings. The van der Waals surface area contributed by atoms with E-state index in [4.69, 9.17) is 9.47 Å². The summed E-state index contributed by atoms with van der Waals surface area (Å²) in [6, 6.07) is 6.27. The summed E-state index contributed by atoms with van der Waals surface area (Å²) in [5, 5.41) is 0. The molecule has 0 unspecified atom stereocenters. The predicted molar refractivity (Wildman–Crippen MR) is 146 cm³/mol. The number of rotatable bonds is 16. The molecule has 0 aliphatic heterocycles. The molecule has 0 amide bonds. The molecule has 0 spiro atoms. The van der Waals surface area contributed by atoms with Crippen LogP contribution in [0, 0.1) is 18.8 Å². The van der Waals surface area contributed by atoms with Gasteiger partial charge in [0.15, 0.2) is 11.6 Å². The molecular weight excluding hydrogens is 432 g/mol. The first-order valence-corrected chi connectivity index (χ1v) is 14.4. The molecule has 1 saturated carbocycles. The molecule has 4 heteroatoms. The molecule has 0 atom stereocenters. The third kappa shape index (κ3) is 9.82. The Labute approximate surface area is 214 Å². The van der Waals surface area contributed by atoms with E-state index in [0.717, 1.165) is 53.8 Å². The van der Waals surface area contributed by atoms with Gasteiger partial charge in [-0.25, -0.2) is 9.97 Å². The normalized spacial score (nSPS) is 17.9. The molecule has 0 N–H and O–H groups in total. The third-order valence-electron chi connectivity index (χ3n) is 7.48. The summed E-state index contributed by atoms with van der Waals surface area (Å²) in [4.78, 5) is 8.98. The Bertz CT molecular complexity index is 828. The second-order valence-electron chi connectivity index (χ2n) is 10.5. The minimum Gasteiger partial charge on any atom is -0.493 e. The summed E-state index contributed by atoms with van der Waals surface area (Å²) in [5.41, 5.74) is 2.16. The summed E-state index contributed by atoms with van der Waals surface area (Å²) < 4.78 is 11.9. The van der Waals surface area contributed by atoms with E-state index in [-0.39, 0.29) is 0 Å². The molecule has 0 bridgehead atoms. The van der Waals surface area contributed by atoms with E-state index in [0.29, 0.717) is 12.5 Å². The Kier molecular flexibility index (Phi) is 12.4. The van der Waals surface area contributed by atoms with Gasteiger partial charge >= 0.3 is 0 Å². The van der Waals surface area contributed by atoms with Crippen molar-refractivity contribution in [2.45, 2.75) is 111 Å². The predicted octanol–water partition coefficient (Wildman–Crippen LogP) is 8.96. The molecule has 1 aromatic heterocycles. The van der Waals surface area contributed by atoms with Crippen molar-refractivity contribution in [1.82, 2.24) is 9.97 Å². The number of ether oxygens (including phenoxy) is 2. The van der Waals surface area contributed by atoms with Crippen molar-refractivity contribution in [2.24, 2.45) is 11.8 Å². The lowest BCUT2D eigenvalue weighted by molar-refractivity contribution is 0.177. The SMILES string of the molecule is CCCCCCCCCC1CCC(COc2ccc(-c3ncc(OCCCC)cn3)cc2C)CC1. The molecule has 1 aliphatic rings. The zero-order valence-electron chi connectivity index (χ0n) is 22.6. The smallest absolute Gasteiger partial charge is 0.159 e. The first-order chi connectivity index (χ1) is 17.2. The van der Waals surface area contributed by atoms with Crippen LogP contribution >= 0.6 is 0 Å². The van der Waals surface area contributed by atoms with Crippen LogP contribution in [0.5, 0.6) is 11.5 Å². The molecule has 35 heavy (non-hydrogen) atoms. The van der Waals surface area contributed by atoms with Crippen molar-refractivity contribution in [2.75, 3.05) is 13.2 Å². The van der Waals surface area contributed by atoms with Gasteiger partial charge in [-0.2, -0.15) is 0 Å². The number of hydrogen-bond donors (Lipinski definition) is 0. The largest absolute Gasteiger partial charge is 0.493 e. The molecule has 0 radical (unpaired) electrons. The van der Waals surface area contributed by atoms with Gasteiger partial charge in [0.05, 0.1) is 25.6 Å². The number of hydrogen-bond acceptors (Lipinski definition) is 4. The molecule has 4 nitrogen and oxygen atoms in total. The maximum atomic E-state index is 6.26. The number of unbranched alkanes of at least 4 members (excludes halogenated alkanes) is 7. The van der Waals surface area contributed by atoms with E-state index in [1.165, 1.54) is 77.0 Å². The second-order valence-corrected chi connectivity index (χ2v) is 10.5. The van der Waals surface area contributed by atoms with Gasteiger partial charge in [-0.05, 0) is 61.8 Å². The highest BCUT2D eigenvalue weighted by Crippen LogP contribution is 2.33. The van der Waals surface area contributed by atoms with Crippen LogP contribution in [0.4, 0.5) is 0 Å². The molecule has 1 aliphatic carbocycles. The van der Waals surface area contributed by atoms with E-state index in [9.17, 15) is 0 Å². The Balaban J connectivity index is 1.35. The minimum atomic E-state index is 0.697. The molecule has 0 saturated heterocycles. The molecule has 2 aromatic rings. The summed E-state index contributed by atoms with van der Waals surface area (Å²) in [7, 11) is 0. The number of aromatic nitrogens is 2. The fraction of sp³-hybridized carbons (Fsp3) is 0.677. The van der Waals surface area contributed by atoms with Gasteiger partial charge in [0, 0.05) is 5.56 Å². The van der Waals surface area contributed by atoms with Gasteiger partial charge in [0.2, 0.25) is 0 Å². The van der Waals surface area contributed by atoms with Crippen molar-refractivity contribution >= 4 is 0 Å². The lowest BCUT2D eigenvalue weighted by Gasteiger charge is -2.28. The van der Waals surface area contributed by atoms with Gasteiger partial charge in [-0.1, -0.05) is 84.5 Å². The Hall–Kier alpha value is -2.10. The first kappa shape index (κ1) is 27.5. The average molecular weight is 481 g/mol. The minimum absolute atomic E-state index is 0.697. The Morgan fingerprint density at radius 3 is 2.11 bits per heavy atom. The maximum Gasteiger partial charge on any atom is 0.159 e. The van der Waals surface area contributed by atoms with E-state index >= 15 is 0 Å². The van der Waals surface area contributed by atoms with Crippen LogP contribution < -0.4 is 9.47 Å². The zero-order valence-corrected chi connectivity index (χ0v) is 22.6. The van der Waals surface area contributed by atoms with E-state index in [2.05, 4.69) is 48.9 Å². The number of benzene rings is 1. The summed E-state index contributed by atoms with van der Waals surface area (Å²) in [6.07, 6.45) is 22.5. The van der Waals surface area contributed by atoms with Crippen LogP contribution in [0.25, 0.3) is 11.4 Å². The van der Waals surface area contributed by atoms with Crippen molar-refractivity contribution in [3.63, 3.8) is 0 Å². The summed E-state index contributed by atoms with van der Waals surface area (Å²) in [5.74, 6) is 4.09. The topological polar surface area (TPSA) is 44.2 Å². The van der Waals surface area contributed by atoms with E-state index < -0.39 is 0 Å². The highest BCUT2D eigenvalue weighted by Gasteiger charge is 2.21. The number of nitrogens with zero attached hydrogens (tertiary/aromatic N) is 2. The highest BCUT2D eigenvalue weighted by molar-refractivity contribution is 5.58. The molecule has 1 heterocycles. The van der Waals surface area contributed by atoms with Crippen LogP contribution in [0.3, 0.4) is 0 Å². The van der Waals surface area contributed by atoms with E-state index in [1.807, 2.05) is 0 Å². The van der Waals surface area contributed by atoms with Gasteiger partial charge in [0.1, 0.15) is 5.75 Å². The third-order valence-corrected chi connectivity index (χ3v) is 7.48. The van der Waals surface area contributed by atoms with Gasteiger partial charge in [-0.15, -0.1) is 0 Å². The van der Waals surface area contributed by atoms with Gasteiger partial charge in [-0.3, -0.25) is 0 Å². The van der Waals surface area contributed by atoms with Gasteiger partial charge < -0.3 is 9.47 Å². The van der Waals surface area contributed by atoms with Crippen LogP contribution in [-0.4, -0.2) is 23.2 Å². The molecule has 1 aromatic carbocycles. The van der Waals surface area contributed by atoms with Crippen LogP contribution in [0.2, 0.25) is 0 Å². The van der Waals surface area contributed by atoms with Gasteiger partial charge in [0.25, 0.3) is 0 Å². The molecular formula is C31H48N2O2. The number of aryl methyl sites for hydroxylation is 1. The van der Waals surface area contributed by atoms with Crippen LogP contribution in [0.15, 0.2) is 30.6 Å². The molecule has 3 rings (SSSR count). The average Bonchev–Trinajstić information content (AvgIpc) is 2.89. The quantitative estimate of drug-likeness (QED) is 0.225. The lowest BCUT2D eigenvalue weighted by atomic mass is 9.80. The standard InChI is InChI=1S/C31H48N2O2/c1-4-6-8-9-10-11-12-13-26-14-16-27(17-15-26)24-35-30-19-18-28(21-25(30)3)31-32-22-29(23-33-31)34-20-7-5-2/h18-19,21-23,26-27H,4-17,20,24H2,1-3H3. The summed E-state index contributed by atoms with van der Waals surface area (Å²) >= 11 is 0. The monoisotopic (exact) mass is 480 g/mol. The van der Waals surface area contributed by atoms with Crippen LogP contribution in [0.1, 0.15) is 109 Å². The fourth-order valence-electron chi connectivity index (χ4n) is 5.11. The fourth-order valence-corrected chi connectivity index (χ4v) is 5.11. The second kappa shape index (κ2) is 15.8. The van der Waals surface area contributed by atoms with Crippen molar-refractivity contribution in [1.29, 1.82) is 0 Å². The Morgan fingerprint density at radius 2 is 1.43 bits per heavy atom.